The highest BCUT2D eigenvalue weighted by Gasteiger charge is 2.26. The number of nitrogens with one attached hydrogen (secondary N) is 1. The number of amides is 2. The number of H-pyrrole nitrogens is 1. The van der Waals surface area contributed by atoms with Gasteiger partial charge in [0.2, 0.25) is 0 Å². The molecule has 0 unspecified atom stereocenters. The lowest BCUT2D eigenvalue weighted by molar-refractivity contribution is 0.0535. The topological polar surface area (TPSA) is 56.4 Å². The Morgan fingerprint density at radius 2 is 1.56 bits per heavy atom. The third kappa shape index (κ3) is 3.43. The van der Waals surface area contributed by atoms with Gasteiger partial charge in [-0.3, -0.25) is 9.59 Å². The van der Waals surface area contributed by atoms with Gasteiger partial charge >= 0.3 is 0 Å². The Bertz CT molecular complexity index is 820. The largest absolute Gasteiger partial charge is 0.362 e. The number of carbonyl (C=O) groups excluding carboxylic acids is 2. The number of aromatic nitrogens is 1. The Balaban J connectivity index is 1.65. The maximum Gasteiger partial charge on any atom is 0.255 e. The molecule has 2 amide bonds. The summed E-state index contributed by atoms with van der Waals surface area (Å²) in [7, 11) is 0. The predicted octanol–water partition coefficient (Wildman–Crippen LogP) is 2.68. The summed E-state index contributed by atoms with van der Waals surface area (Å²) >= 11 is 0. The second kappa shape index (κ2) is 6.70. The molecule has 1 aromatic carbocycles. The third-order valence-electron chi connectivity index (χ3n) is 4.64. The van der Waals surface area contributed by atoms with Gasteiger partial charge < -0.3 is 14.8 Å². The summed E-state index contributed by atoms with van der Waals surface area (Å²) in [5, 5.41) is 0. The van der Waals surface area contributed by atoms with Crippen molar-refractivity contribution in [1.82, 2.24) is 14.8 Å². The first kappa shape index (κ1) is 17.2. The molecule has 3 rings (SSSR count). The van der Waals surface area contributed by atoms with E-state index in [0.717, 1.165) is 11.4 Å². The number of rotatable bonds is 2. The van der Waals surface area contributed by atoms with Gasteiger partial charge in [-0.05, 0) is 50.6 Å². The summed E-state index contributed by atoms with van der Waals surface area (Å²) in [5.74, 6) is -0.445. The molecule has 0 saturated carbocycles. The monoisotopic (exact) mass is 343 g/mol. The van der Waals surface area contributed by atoms with Gasteiger partial charge in [-0.25, -0.2) is 4.39 Å². The molecule has 5 nitrogen and oxygen atoms in total. The van der Waals surface area contributed by atoms with E-state index in [2.05, 4.69) is 4.98 Å². The molecule has 0 aliphatic carbocycles. The maximum atomic E-state index is 13.4. The number of benzene rings is 1. The van der Waals surface area contributed by atoms with E-state index < -0.39 is 0 Å². The second-order valence-corrected chi connectivity index (χ2v) is 6.54. The van der Waals surface area contributed by atoms with Crippen molar-refractivity contribution in [3.8, 4) is 0 Å². The van der Waals surface area contributed by atoms with Crippen LogP contribution >= 0.6 is 0 Å². The molecule has 0 spiro atoms. The van der Waals surface area contributed by atoms with Crippen LogP contribution in [0.4, 0.5) is 4.39 Å². The molecule has 0 radical (unpaired) electrons. The summed E-state index contributed by atoms with van der Waals surface area (Å²) in [6, 6.07) is 6.26. The minimum Gasteiger partial charge on any atom is -0.362 e. The number of nitrogens with zero attached hydrogens (tertiary/aromatic N) is 2. The number of halogens is 1. The van der Waals surface area contributed by atoms with Crippen molar-refractivity contribution in [3.05, 3.63) is 58.2 Å². The van der Waals surface area contributed by atoms with Crippen LogP contribution in [0.5, 0.6) is 0 Å². The first-order valence-electron chi connectivity index (χ1n) is 8.37. The Morgan fingerprint density at radius 3 is 2.08 bits per heavy atom. The minimum atomic E-state index is -0.316. The first-order valence-corrected chi connectivity index (χ1v) is 8.37. The molecular formula is C19H22FN3O2. The molecule has 6 heteroatoms. The molecule has 1 fully saturated rings. The van der Waals surface area contributed by atoms with Crippen LogP contribution in [-0.2, 0) is 0 Å². The van der Waals surface area contributed by atoms with Gasteiger partial charge in [0.25, 0.3) is 11.8 Å². The number of aromatic amines is 1. The van der Waals surface area contributed by atoms with Crippen molar-refractivity contribution in [1.29, 1.82) is 0 Å². The molecule has 1 aliphatic heterocycles. The maximum absolute atomic E-state index is 13.4. The summed E-state index contributed by atoms with van der Waals surface area (Å²) in [6.07, 6.45) is 0. The quantitative estimate of drug-likeness (QED) is 0.911. The zero-order chi connectivity index (χ0) is 18.1. The van der Waals surface area contributed by atoms with E-state index >= 15 is 0 Å². The van der Waals surface area contributed by atoms with E-state index in [4.69, 9.17) is 0 Å². The van der Waals surface area contributed by atoms with Crippen LogP contribution in [0.15, 0.2) is 24.3 Å². The van der Waals surface area contributed by atoms with Crippen molar-refractivity contribution in [2.75, 3.05) is 26.2 Å². The summed E-state index contributed by atoms with van der Waals surface area (Å²) < 4.78 is 13.4. The summed E-state index contributed by atoms with van der Waals surface area (Å²) in [5.41, 5.74) is 3.45. The van der Waals surface area contributed by atoms with Gasteiger partial charge in [0.1, 0.15) is 5.82 Å². The first-order chi connectivity index (χ1) is 11.9. The highest BCUT2D eigenvalue weighted by molar-refractivity contribution is 5.96. The van der Waals surface area contributed by atoms with Crippen molar-refractivity contribution < 1.29 is 14.0 Å². The van der Waals surface area contributed by atoms with Crippen LogP contribution < -0.4 is 0 Å². The van der Waals surface area contributed by atoms with Crippen LogP contribution in [0.2, 0.25) is 0 Å². The van der Waals surface area contributed by atoms with E-state index in [1.807, 2.05) is 19.9 Å². The highest BCUT2D eigenvalue weighted by Crippen LogP contribution is 2.16. The zero-order valence-corrected chi connectivity index (χ0v) is 14.7. The van der Waals surface area contributed by atoms with Crippen molar-refractivity contribution in [3.63, 3.8) is 0 Å². The molecular weight excluding hydrogens is 321 g/mol. The van der Waals surface area contributed by atoms with Crippen LogP contribution in [0.25, 0.3) is 0 Å². The molecule has 2 heterocycles. The fourth-order valence-corrected chi connectivity index (χ4v) is 3.19. The fraction of sp³-hybridized carbons (Fsp3) is 0.368. The third-order valence-corrected chi connectivity index (χ3v) is 4.64. The van der Waals surface area contributed by atoms with Crippen molar-refractivity contribution in [2.45, 2.75) is 20.8 Å². The van der Waals surface area contributed by atoms with Crippen molar-refractivity contribution >= 4 is 11.8 Å². The smallest absolute Gasteiger partial charge is 0.255 e. The number of carbonyl (C=O) groups is 2. The lowest BCUT2D eigenvalue weighted by atomic mass is 10.1. The van der Waals surface area contributed by atoms with Crippen LogP contribution in [-0.4, -0.2) is 52.8 Å². The minimum absolute atomic E-state index is 0.00780. The molecule has 2 aromatic rings. The molecule has 0 bridgehead atoms. The number of aryl methyl sites for hydroxylation is 3. The average molecular weight is 343 g/mol. The van der Waals surface area contributed by atoms with E-state index in [1.54, 1.807) is 22.8 Å². The summed E-state index contributed by atoms with van der Waals surface area (Å²) in [4.78, 5) is 31.8. The predicted molar refractivity (Wildman–Crippen MR) is 93.2 cm³/mol. The Hall–Kier alpha value is -2.63. The Labute approximate surface area is 146 Å². The standard InChI is InChI=1S/C19H22FN3O2/c1-12-10-15(4-5-17(12)20)18(24)22-6-8-23(9-7-22)19(25)16-11-13(2)21-14(16)3/h4-5,10-11,21H,6-9H2,1-3H3. The van der Waals surface area contributed by atoms with E-state index in [1.165, 1.54) is 12.1 Å². The van der Waals surface area contributed by atoms with Gasteiger partial charge in [-0.15, -0.1) is 0 Å². The van der Waals surface area contributed by atoms with Crippen molar-refractivity contribution in [2.24, 2.45) is 0 Å². The van der Waals surface area contributed by atoms with Crippen LogP contribution in [0.3, 0.4) is 0 Å². The van der Waals surface area contributed by atoms with E-state index in [9.17, 15) is 14.0 Å². The van der Waals surface area contributed by atoms with Gasteiger partial charge in [0, 0.05) is 43.1 Å². The Morgan fingerprint density at radius 1 is 0.960 bits per heavy atom. The highest BCUT2D eigenvalue weighted by atomic mass is 19.1. The summed E-state index contributed by atoms with van der Waals surface area (Å²) in [6.45, 7) is 7.39. The van der Waals surface area contributed by atoms with Gasteiger partial charge in [0.05, 0.1) is 5.56 Å². The number of piperazine rings is 1. The zero-order valence-electron chi connectivity index (χ0n) is 14.7. The van der Waals surface area contributed by atoms with Gasteiger partial charge in [-0.1, -0.05) is 0 Å². The van der Waals surface area contributed by atoms with Gasteiger partial charge in [-0.2, -0.15) is 0 Å². The number of hydrogen-bond acceptors (Lipinski definition) is 2. The van der Waals surface area contributed by atoms with Gasteiger partial charge in [0.15, 0.2) is 0 Å². The van der Waals surface area contributed by atoms with E-state index in [0.29, 0.717) is 42.9 Å². The molecule has 1 aromatic heterocycles. The molecule has 1 aliphatic rings. The molecule has 25 heavy (non-hydrogen) atoms. The lowest BCUT2D eigenvalue weighted by Crippen LogP contribution is -2.50. The average Bonchev–Trinajstić information content (AvgIpc) is 2.94. The Kier molecular flexibility index (Phi) is 4.61. The second-order valence-electron chi connectivity index (χ2n) is 6.54. The number of hydrogen-bond donors (Lipinski definition) is 1. The lowest BCUT2D eigenvalue weighted by Gasteiger charge is -2.35. The molecule has 1 saturated heterocycles. The van der Waals surface area contributed by atoms with Crippen LogP contribution in [0, 0.1) is 26.6 Å². The van der Waals surface area contributed by atoms with Crippen LogP contribution in [0.1, 0.15) is 37.7 Å². The molecule has 1 N–H and O–H groups in total. The normalized spacial score (nSPS) is 14.7. The van der Waals surface area contributed by atoms with E-state index in [-0.39, 0.29) is 17.6 Å². The SMILES string of the molecule is Cc1cc(C(=O)N2CCN(C(=O)c3ccc(F)c(C)c3)CC2)c(C)[nH]1. The molecule has 0 atom stereocenters. The fourth-order valence-electron chi connectivity index (χ4n) is 3.19. The molecule has 132 valence electrons.